The molecule has 1 fully saturated rings. The van der Waals surface area contributed by atoms with Crippen molar-refractivity contribution in [1.82, 2.24) is 0 Å². The lowest BCUT2D eigenvalue weighted by Gasteiger charge is -2.19. The van der Waals surface area contributed by atoms with E-state index >= 15 is 0 Å². The maximum absolute atomic E-state index is 6.39. The predicted octanol–water partition coefficient (Wildman–Crippen LogP) is 5.27. The summed E-state index contributed by atoms with van der Waals surface area (Å²) in [6.45, 7) is 2.91. The molecule has 4 rings (SSSR count). The number of ether oxygens (including phenoxy) is 4. The second-order valence-electron chi connectivity index (χ2n) is 8.29. The van der Waals surface area contributed by atoms with Crippen LogP contribution in [-0.2, 0) is 38.8 Å². The van der Waals surface area contributed by atoms with Crippen LogP contribution in [0.2, 0.25) is 0 Å². The smallest absolute Gasteiger partial charge is 0.0870 e. The zero-order valence-corrected chi connectivity index (χ0v) is 18.6. The first-order valence-corrected chi connectivity index (χ1v) is 11.3. The van der Waals surface area contributed by atoms with Crippen molar-refractivity contribution in [3.8, 4) is 0 Å². The SMILES string of the molecule is COCC1[C@H]([C@H](COCc2ccccc2)OCc2ccccc2)[C@H]1OCc1ccccc1. The van der Waals surface area contributed by atoms with Crippen molar-refractivity contribution in [3.63, 3.8) is 0 Å². The van der Waals surface area contributed by atoms with Crippen LogP contribution < -0.4 is 0 Å². The molecule has 0 N–H and O–H groups in total. The van der Waals surface area contributed by atoms with Gasteiger partial charge in [0.2, 0.25) is 0 Å². The summed E-state index contributed by atoms with van der Waals surface area (Å²) in [6, 6.07) is 30.8. The Hall–Kier alpha value is -2.50. The third-order valence-corrected chi connectivity index (χ3v) is 5.93. The molecule has 4 heteroatoms. The van der Waals surface area contributed by atoms with Crippen LogP contribution in [0, 0.1) is 11.8 Å². The Morgan fingerprint density at radius 2 is 1.22 bits per heavy atom. The highest BCUT2D eigenvalue weighted by atomic mass is 16.5. The largest absolute Gasteiger partial charge is 0.384 e. The van der Waals surface area contributed by atoms with Crippen molar-refractivity contribution in [2.75, 3.05) is 20.3 Å². The second-order valence-corrected chi connectivity index (χ2v) is 8.29. The summed E-state index contributed by atoms with van der Waals surface area (Å²) >= 11 is 0. The van der Waals surface area contributed by atoms with Gasteiger partial charge in [0.25, 0.3) is 0 Å². The first kappa shape index (κ1) is 22.7. The summed E-state index contributed by atoms with van der Waals surface area (Å²) < 4.78 is 24.3. The van der Waals surface area contributed by atoms with Crippen molar-refractivity contribution in [2.24, 2.45) is 11.8 Å². The van der Waals surface area contributed by atoms with E-state index in [2.05, 4.69) is 36.4 Å². The van der Waals surface area contributed by atoms with Crippen LogP contribution >= 0.6 is 0 Å². The average Bonchev–Trinajstić information content (AvgIpc) is 3.54. The van der Waals surface area contributed by atoms with E-state index in [1.54, 1.807) is 7.11 Å². The fourth-order valence-corrected chi connectivity index (χ4v) is 4.17. The Balaban J connectivity index is 1.38. The topological polar surface area (TPSA) is 36.9 Å². The molecule has 4 atom stereocenters. The molecule has 1 aliphatic carbocycles. The van der Waals surface area contributed by atoms with Gasteiger partial charge in [0, 0.05) is 18.9 Å². The molecule has 4 nitrogen and oxygen atoms in total. The van der Waals surface area contributed by atoms with Crippen LogP contribution in [0.1, 0.15) is 16.7 Å². The highest BCUT2D eigenvalue weighted by Crippen LogP contribution is 2.46. The first-order chi connectivity index (χ1) is 15.8. The van der Waals surface area contributed by atoms with Crippen LogP contribution in [0.4, 0.5) is 0 Å². The van der Waals surface area contributed by atoms with Crippen LogP contribution in [0.15, 0.2) is 91.0 Å². The fourth-order valence-electron chi connectivity index (χ4n) is 4.17. The number of methoxy groups -OCH3 is 1. The summed E-state index contributed by atoms with van der Waals surface area (Å²) in [5.74, 6) is 0.558. The van der Waals surface area contributed by atoms with E-state index < -0.39 is 0 Å². The van der Waals surface area contributed by atoms with E-state index in [-0.39, 0.29) is 18.1 Å². The minimum absolute atomic E-state index is 0.0557. The van der Waals surface area contributed by atoms with Crippen molar-refractivity contribution in [1.29, 1.82) is 0 Å². The van der Waals surface area contributed by atoms with E-state index in [9.17, 15) is 0 Å². The fraction of sp³-hybridized carbons (Fsp3) is 0.357. The molecule has 0 heterocycles. The summed E-state index contributed by atoms with van der Waals surface area (Å²) in [7, 11) is 1.75. The molecule has 0 saturated heterocycles. The molecule has 0 bridgehead atoms. The lowest BCUT2D eigenvalue weighted by Crippen LogP contribution is -2.25. The van der Waals surface area contributed by atoms with Crippen molar-refractivity contribution in [3.05, 3.63) is 108 Å². The molecule has 1 aliphatic rings. The third kappa shape index (κ3) is 6.50. The van der Waals surface area contributed by atoms with Gasteiger partial charge in [-0.15, -0.1) is 0 Å². The molecular weight excluding hydrogens is 400 g/mol. The Bertz CT molecular complexity index is 900. The lowest BCUT2D eigenvalue weighted by atomic mass is 10.2. The van der Waals surface area contributed by atoms with Crippen molar-refractivity contribution >= 4 is 0 Å². The van der Waals surface area contributed by atoms with Gasteiger partial charge in [-0.3, -0.25) is 0 Å². The van der Waals surface area contributed by atoms with Gasteiger partial charge in [0.1, 0.15) is 0 Å². The monoisotopic (exact) mass is 432 g/mol. The minimum Gasteiger partial charge on any atom is -0.384 e. The number of hydrogen-bond donors (Lipinski definition) is 0. The molecule has 0 amide bonds. The van der Waals surface area contributed by atoms with Gasteiger partial charge in [0.15, 0.2) is 0 Å². The van der Waals surface area contributed by atoms with Crippen LogP contribution in [0.3, 0.4) is 0 Å². The highest BCUT2D eigenvalue weighted by molar-refractivity contribution is 5.16. The summed E-state index contributed by atoms with van der Waals surface area (Å²) in [5.41, 5.74) is 3.50. The Morgan fingerprint density at radius 1 is 0.688 bits per heavy atom. The summed E-state index contributed by atoms with van der Waals surface area (Å²) in [6.07, 6.45) is 0.0519. The molecule has 1 saturated carbocycles. The standard InChI is InChI=1S/C28H32O4/c1-29-20-25-27(28(25)32-19-24-15-9-4-10-16-24)26(31-18-23-13-7-3-8-14-23)21-30-17-22-11-5-2-6-12-22/h2-16,25-28H,17-21H2,1H3/t25?,26-,27+,28-/m0/s1. The predicted molar refractivity (Wildman–Crippen MR) is 125 cm³/mol. The van der Waals surface area contributed by atoms with E-state index in [4.69, 9.17) is 18.9 Å². The van der Waals surface area contributed by atoms with E-state index in [1.807, 2.05) is 54.6 Å². The normalized spacial score (nSPS) is 20.7. The average molecular weight is 433 g/mol. The summed E-state index contributed by atoms with van der Waals surface area (Å²) in [4.78, 5) is 0. The highest BCUT2D eigenvalue weighted by Gasteiger charge is 2.55. The maximum Gasteiger partial charge on any atom is 0.0870 e. The maximum atomic E-state index is 6.39. The Morgan fingerprint density at radius 3 is 1.78 bits per heavy atom. The van der Waals surface area contributed by atoms with Gasteiger partial charge in [-0.1, -0.05) is 91.0 Å². The Labute approximate surface area is 191 Å². The van der Waals surface area contributed by atoms with E-state index in [0.717, 1.165) is 11.1 Å². The van der Waals surface area contributed by atoms with E-state index in [1.165, 1.54) is 5.56 Å². The molecule has 168 valence electrons. The van der Waals surface area contributed by atoms with Gasteiger partial charge in [-0.05, 0) is 16.7 Å². The molecule has 0 aromatic heterocycles. The molecule has 3 aromatic carbocycles. The Kier molecular flexibility index (Phi) is 8.46. The van der Waals surface area contributed by atoms with Gasteiger partial charge >= 0.3 is 0 Å². The number of hydrogen-bond acceptors (Lipinski definition) is 4. The van der Waals surface area contributed by atoms with E-state index in [0.29, 0.717) is 39.0 Å². The lowest BCUT2D eigenvalue weighted by molar-refractivity contribution is -0.0529. The van der Waals surface area contributed by atoms with Crippen LogP contribution in [0.5, 0.6) is 0 Å². The number of rotatable bonds is 13. The summed E-state index contributed by atoms with van der Waals surface area (Å²) in [5, 5.41) is 0. The molecule has 0 aliphatic heterocycles. The van der Waals surface area contributed by atoms with Gasteiger partial charge in [-0.2, -0.15) is 0 Å². The molecule has 0 spiro atoms. The second kappa shape index (κ2) is 11.9. The zero-order valence-electron chi connectivity index (χ0n) is 18.6. The van der Waals surface area contributed by atoms with Crippen LogP contribution in [0.25, 0.3) is 0 Å². The van der Waals surface area contributed by atoms with Crippen LogP contribution in [-0.4, -0.2) is 32.5 Å². The molecular formula is C28H32O4. The zero-order chi connectivity index (χ0) is 22.0. The minimum atomic E-state index is -0.0557. The number of benzene rings is 3. The quantitative estimate of drug-likeness (QED) is 0.369. The van der Waals surface area contributed by atoms with Gasteiger partial charge in [-0.25, -0.2) is 0 Å². The third-order valence-electron chi connectivity index (χ3n) is 5.93. The van der Waals surface area contributed by atoms with Gasteiger partial charge < -0.3 is 18.9 Å². The molecule has 32 heavy (non-hydrogen) atoms. The molecule has 1 unspecified atom stereocenters. The van der Waals surface area contributed by atoms with Crippen molar-refractivity contribution in [2.45, 2.75) is 32.0 Å². The first-order valence-electron chi connectivity index (χ1n) is 11.3. The van der Waals surface area contributed by atoms with Crippen molar-refractivity contribution < 1.29 is 18.9 Å². The van der Waals surface area contributed by atoms with Gasteiger partial charge in [0.05, 0.1) is 45.2 Å². The molecule has 0 radical (unpaired) electrons. The molecule has 3 aromatic rings.